The van der Waals surface area contributed by atoms with Crippen LogP contribution in [-0.4, -0.2) is 14.3 Å². The van der Waals surface area contributed by atoms with Crippen LogP contribution in [0.2, 0.25) is 0 Å². The Labute approximate surface area is 88.2 Å². The van der Waals surface area contributed by atoms with Crippen LogP contribution in [0.1, 0.15) is 5.69 Å². The third kappa shape index (κ3) is 1.92. The number of hydrogen-bond acceptors (Lipinski definition) is 4. The van der Waals surface area contributed by atoms with E-state index in [1.54, 1.807) is 0 Å². The van der Waals surface area contributed by atoms with E-state index in [0.717, 1.165) is 16.4 Å². The van der Waals surface area contributed by atoms with E-state index in [-0.39, 0.29) is 0 Å². The standard InChI is InChI=1S/C8H6BrN3S/c1-5-3-2-4-6(10-5)7-11-8(9)12-13-7/h2-4H,1H3. The smallest absolute Gasteiger partial charge is 0.209 e. The topological polar surface area (TPSA) is 38.7 Å². The summed E-state index contributed by atoms with van der Waals surface area (Å²) >= 11 is 4.55. The number of rotatable bonds is 1. The fraction of sp³-hybridized carbons (Fsp3) is 0.125. The number of halogens is 1. The second kappa shape index (κ2) is 3.51. The Morgan fingerprint density at radius 1 is 1.31 bits per heavy atom. The van der Waals surface area contributed by atoms with Crippen molar-refractivity contribution in [2.24, 2.45) is 0 Å². The Morgan fingerprint density at radius 2 is 2.15 bits per heavy atom. The molecule has 0 unspecified atom stereocenters. The monoisotopic (exact) mass is 255 g/mol. The van der Waals surface area contributed by atoms with Crippen LogP contribution in [-0.2, 0) is 0 Å². The van der Waals surface area contributed by atoms with E-state index >= 15 is 0 Å². The number of hydrogen-bond donors (Lipinski definition) is 0. The summed E-state index contributed by atoms with van der Waals surface area (Å²) in [6.45, 7) is 1.96. The average molecular weight is 256 g/mol. The van der Waals surface area contributed by atoms with Crippen LogP contribution in [0.15, 0.2) is 22.9 Å². The molecule has 0 saturated heterocycles. The fourth-order valence-electron chi connectivity index (χ4n) is 0.972. The molecule has 2 aromatic heterocycles. The first-order valence-corrected chi connectivity index (χ1v) is 5.25. The van der Waals surface area contributed by atoms with Crippen LogP contribution in [0.5, 0.6) is 0 Å². The zero-order chi connectivity index (χ0) is 9.26. The van der Waals surface area contributed by atoms with Crippen molar-refractivity contribution in [2.75, 3.05) is 0 Å². The number of aromatic nitrogens is 3. The lowest BCUT2D eigenvalue weighted by molar-refractivity contribution is 1.18. The van der Waals surface area contributed by atoms with Gasteiger partial charge in [0.1, 0.15) is 5.69 Å². The average Bonchev–Trinajstić information content (AvgIpc) is 2.52. The van der Waals surface area contributed by atoms with Crippen molar-refractivity contribution in [1.82, 2.24) is 14.3 Å². The molecule has 0 aromatic carbocycles. The second-order valence-corrected chi connectivity index (χ2v) is 3.99. The van der Waals surface area contributed by atoms with Crippen LogP contribution in [0, 0.1) is 6.92 Å². The van der Waals surface area contributed by atoms with Gasteiger partial charge in [-0.1, -0.05) is 6.07 Å². The summed E-state index contributed by atoms with van der Waals surface area (Å²) in [5.41, 5.74) is 1.87. The highest BCUT2D eigenvalue weighted by Gasteiger charge is 2.04. The fourth-order valence-corrected chi connectivity index (χ4v) is 2.02. The van der Waals surface area contributed by atoms with E-state index in [9.17, 15) is 0 Å². The maximum atomic E-state index is 4.34. The highest BCUT2D eigenvalue weighted by atomic mass is 79.9. The van der Waals surface area contributed by atoms with Crippen molar-refractivity contribution in [3.8, 4) is 10.7 Å². The third-order valence-electron chi connectivity index (χ3n) is 1.51. The molecule has 0 amide bonds. The molecule has 2 rings (SSSR count). The van der Waals surface area contributed by atoms with Crippen molar-refractivity contribution >= 4 is 27.5 Å². The Morgan fingerprint density at radius 3 is 2.77 bits per heavy atom. The summed E-state index contributed by atoms with van der Waals surface area (Å²) < 4.78 is 4.65. The van der Waals surface area contributed by atoms with Crippen LogP contribution < -0.4 is 0 Å². The van der Waals surface area contributed by atoms with E-state index in [4.69, 9.17) is 0 Å². The normalized spacial score (nSPS) is 10.3. The molecule has 13 heavy (non-hydrogen) atoms. The lowest BCUT2D eigenvalue weighted by Gasteiger charge is -1.94. The molecule has 0 fully saturated rings. The van der Waals surface area contributed by atoms with Gasteiger partial charge in [0.25, 0.3) is 0 Å². The van der Waals surface area contributed by atoms with E-state index in [2.05, 4.69) is 30.3 Å². The van der Waals surface area contributed by atoms with E-state index in [0.29, 0.717) is 4.73 Å². The first-order valence-electron chi connectivity index (χ1n) is 3.69. The molecule has 3 nitrogen and oxygen atoms in total. The summed E-state index contributed by atoms with van der Waals surface area (Å²) in [4.78, 5) is 8.53. The molecule has 0 aliphatic carbocycles. The van der Waals surface area contributed by atoms with Gasteiger partial charge in [0, 0.05) is 5.69 Å². The molecule has 0 bridgehead atoms. The number of aryl methyl sites for hydroxylation is 1. The molecular formula is C8H6BrN3S. The molecule has 0 spiro atoms. The first-order chi connectivity index (χ1) is 6.25. The highest BCUT2D eigenvalue weighted by Crippen LogP contribution is 2.21. The summed E-state index contributed by atoms with van der Waals surface area (Å²) in [5, 5.41) is 0.843. The van der Waals surface area contributed by atoms with Crippen molar-refractivity contribution in [1.29, 1.82) is 0 Å². The SMILES string of the molecule is Cc1cccc(-c2nc(Br)ns2)n1. The molecule has 0 aliphatic heterocycles. The molecule has 2 heterocycles. The molecule has 0 aliphatic rings. The Hall–Kier alpha value is -0.810. The maximum absolute atomic E-state index is 4.34. The number of nitrogens with zero attached hydrogens (tertiary/aromatic N) is 3. The van der Waals surface area contributed by atoms with Gasteiger partial charge in [-0.05, 0) is 46.5 Å². The van der Waals surface area contributed by atoms with Crippen molar-refractivity contribution < 1.29 is 0 Å². The minimum absolute atomic E-state index is 0.621. The van der Waals surface area contributed by atoms with E-state index in [1.807, 2.05) is 25.1 Å². The van der Waals surface area contributed by atoms with Crippen molar-refractivity contribution in [3.63, 3.8) is 0 Å². The minimum Gasteiger partial charge on any atom is -0.251 e. The summed E-state index contributed by atoms with van der Waals surface area (Å²) in [6.07, 6.45) is 0. The van der Waals surface area contributed by atoms with Crippen molar-refractivity contribution in [3.05, 3.63) is 28.6 Å². The van der Waals surface area contributed by atoms with Gasteiger partial charge in [0.2, 0.25) is 4.73 Å². The van der Waals surface area contributed by atoms with Gasteiger partial charge in [0.15, 0.2) is 5.01 Å². The van der Waals surface area contributed by atoms with Gasteiger partial charge >= 0.3 is 0 Å². The summed E-state index contributed by atoms with van der Waals surface area (Å²) in [5.74, 6) is 0. The van der Waals surface area contributed by atoms with E-state index in [1.165, 1.54) is 11.5 Å². The highest BCUT2D eigenvalue weighted by molar-refractivity contribution is 9.10. The third-order valence-corrected chi connectivity index (χ3v) is 2.84. The summed E-state index contributed by atoms with van der Waals surface area (Å²) in [6, 6.07) is 5.85. The van der Waals surface area contributed by atoms with Crippen LogP contribution in [0.4, 0.5) is 0 Å². The predicted molar refractivity (Wildman–Crippen MR) is 55.6 cm³/mol. The Balaban J connectivity index is 2.46. The van der Waals surface area contributed by atoms with Crippen LogP contribution in [0.3, 0.4) is 0 Å². The minimum atomic E-state index is 0.621. The molecule has 0 radical (unpaired) electrons. The zero-order valence-electron chi connectivity index (χ0n) is 6.86. The molecule has 0 saturated carbocycles. The van der Waals surface area contributed by atoms with E-state index < -0.39 is 0 Å². The zero-order valence-corrected chi connectivity index (χ0v) is 9.26. The van der Waals surface area contributed by atoms with Crippen LogP contribution in [0.25, 0.3) is 10.7 Å². The molecular weight excluding hydrogens is 250 g/mol. The first kappa shape index (κ1) is 8.77. The van der Waals surface area contributed by atoms with Gasteiger partial charge < -0.3 is 0 Å². The lowest BCUT2D eigenvalue weighted by atomic mass is 10.3. The van der Waals surface area contributed by atoms with Gasteiger partial charge in [-0.2, -0.15) is 4.37 Å². The lowest BCUT2D eigenvalue weighted by Crippen LogP contribution is -1.84. The Kier molecular flexibility index (Phi) is 2.37. The molecule has 0 atom stereocenters. The quantitative estimate of drug-likeness (QED) is 0.787. The van der Waals surface area contributed by atoms with Crippen LogP contribution >= 0.6 is 27.5 Å². The van der Waals surface area contributed by atoms with Gasteiger partial charge in [-0.15, -0.1) is 0 Å². The van der Waals surface area contributed by atoms with Gasteiger partial charge in [0.05, 0.1) is 0 Å². The Bertz CT molecular complexity index is 427. The summed E-state index contributed by atoms with van der Waals surface area (Å²) in [7, 11) is 0. The molecule has 0 N–H and O–H groups in total. The predicted octanol–water partition coefficient (Wildman–Crippen LogP) is 2.67. The largest absolute Gasteiger partial charge is 0.251 e. The molecule has 2 aromatic rings. The second-order valence-electron chi connectivity index (χ2n) is 2.53. The van der Waals surface area contributed by atoms with Gasteiger partial charge in [-0.25, -0.2) is 4.98 Å². The van der Waals surface area contributed by atoms with Crippen molar-refractivity contribution in [2.45, 2.75) is 6.92 Å². The number of pyridine rings is 1. The molecule has 5 heteroatoms. The molecule has 66 valence electrons. The maximum Gasteiger partial charge on any atom is 0.209 e. The van der Waals surface area contributed by atoms with Gasteiger partial charge in [-0.3, -0.25) is 4.98 Å².